The molecular weight excluding hydrogens is 388 g/mol. The van der Waals surface area contributed by atoms with Crippen molar-refractivity contribution in [2.45, 2.75) is 13.0 Å². The Morgan fingerprint density at radius 2 is 1.86 bits per heavy atom. The molecule has 2 aromatic carbocycles. The average Bonchev–Trinajstić information content (AvgIpc) is 2.71. The third-order valence-corrected chi connectivity index (χ3v) is 4.80. The predicted octanol–water partition coefficient (Wildman–Crippen LogP) is 4.02. The van der Waals surface area contributed by atoms with Gasteiger partial charge in [0.25, 0.3) is 6.43 Å². The van der Waals surface area contributed by atoms with Gasteiger partial charge in [0.05, 0.1) is 10.7 Å². The zero-order valence-electron chi connectivity index (χ0n) is 15.3. The Morgan fingerprint density at radius 3 is 2.57 bits per heavy atom. The van der Waals surface area contributed by atoms with E-state index in [1.54, 1.807) is 23.1 Å². The molecule has 28 heavy (non-hydrogen) atoms. The summed E-state index contributed by atoms with van der Waals surface area (Å²) in [6, 6.07) is 14.3. The number of hydrogen-bond acceptors (Lipinski definition) is 3. The monoisotopic (exact) mass is 409 g/mol. The fraction of sp³-hybridized carbons (Fsp3) is 0.350. The topological polar surface area (TPSA) is 44.8 Å². The van der Waals surface area contributed by atoms with Gasteiger partial charge >= 0.3 is 6.03 Å². The van der Waals surface area contributed by atoms with E-state index in [0.717, 1.165) is 11.3 Å². The van der Waals surface area contributed by atoms with Gasteiger partial charge in [0.2, 0.25) is 0 Å². The van der Waals surface area contributed by atoms with Crippen LogP contribution in [0.5, 0.6) is 5.75 Å². The highest BCUT2D eigenvalue weighted by Gasteiger charge is 2.22. The molecule has 1 fully saturated rings. The predicted molar refractivity (Wildman–Crippen MR) is 105 cm³/mol. The maximum Gasteiger partial charge on any atom is 0.317 e. The molecule has 0 bridgehead atoms. The number of urea groups is 1. The minimum absolute atomic E-state index is 0.155. The molecule has 5 nitrogen and oxygen atoms in total. The lowest BCUT2D eigenvalue weighted by Crippen LogP contribution is -2.51. The summed E-state index contributed by atoms with van der Waals surface area (Å²) in [5, 5.41) is 3.57. The van der Waals surface area contributed by atoms with Crippen LogP contribution < -0.4 is 15.0 Å². The number of nitrogens with one attached hydrogen (secondary N) is 1. The number of halogens is 3. The molecule has 0 radical (unpaired) electrons. The molecule has 0 spiro atoms. The molecular formula is C20H22ClF2N3O2. The molecule has 2 aromatic rings. The quantitative estimate of drug-likeness (QED) is 0.783. The van der Waals surface area contributed by atoms with E-state index in [1.165, 1.54) is 0 Å². The number of rotatable bonds is 6. The van der Waals surface area contributed by atoms with Gasteiger partial charge < -0.3 is 19.9 Å². The highest BCUT2D eigenvalue weighted by atomic mass is 35.5. The second-order valence-corrected chi connectivity index (χ2v) is 6.84. The number of para-hydroxylation sites is 1. The van der Waals surface area contributed by atoms with E-state index >= 15 is 0 Å². The summed E-state index contributed by atoms with van der Waals surface area (Å²) >= 11 is 6.24. The van der Waals surface area contributed by atoms with Gasteiger partial charge in [0.15, 0.2) is 0 Å². The Balaban J connectivity index is 1.47. The smallest absolute Gasteiger partial charge is 0.317 e. The first kappa shape index (κ1) is 20.2. The number of amides is 2. The first-order valence-electron chi connectivity index (χ1n) is 9.05. The molecule has 0 atom stereocenters. The van der Waals surface area contributed by atoms with Gasteiger partial charge in [-0.1, -0.05) is 35.9 Å². The van der Waals surface area contributed by atoms with Crippen molar-refractivity contribution in [1.82, 2.24) is 10.2 Å². The summed E-state index contributed by atoms with van der Waals surface area (Å²) in [6.45, 7) is 2.24. The molecule has 8 heteroatoms. The molecule has 2 amide bonds. The van der Waals surface area contributed by atoms with Gasteiger partial charge in [-0.2, -0.15) is 0 Å². The van der Waals surface area contributed by atoms with Crippen molar-refractivity contribution >= 4 is 23.3 Å². The van der Waals surface area contributed by atoms with Crippen LogP contribution >= 0.6 is 11.6 Å². The molecule has 150 valence electrons. The number of carbonyl (C=O) groups is 1. The van der Waals surface area contributed by atoms with E-state index in [9.17, 15) is 13.6 Å². The number of piperazine rings is 1. The largest absolute Gasteiger partial charge is 0.488 e. The molecule has 1 saturated heterocycles. The van der Waals surface area contributed by atoms with Crippen molar-refractivity contribution in [1.29, 1.82) is 0 Å². The van der Waals surface area contributed by atoms with E-state index < -0.39 is 13.0 Å². The van der Waals surface area contributed by atoms with Crippen LogP contribution in [0.3, 0.4) is 0 Å². The number of alkyl halides is 2. The summed E-state index contributed by atoms with van der Waals surface area (Å²) in [5.41, 5.74) is 1.76. The highest BCUT2D eigenvalue weighted by Crippen LogP contribution is 2.26. The van der Waals surface area contributed by atoms with Crippen LogP contribution in [0.15, 0.2) is 48.5 Å². The first-order valence-corrected chi connectivity index (χ1v) is 9.43. The van der Waals surface area contributed by atoms with E-state index in [0.29, 0.717) is 43.5 Å². The van der Waals surface area contributed by atoms with Crippen molar-refractivity contribution in [3.63, 3.8) is 0 Å². The number of anilines is 1. The van der Waals surface area contributed by atoms with Crippen LogP contribution in [0.4, 0.5) is 19.3 Å². The highest BCUT2D eigenvalue weighted by molar-refractivity contribution is 6.33. The fourth-order valence-corrected chi connectivity index (χ4v) is 3.31. The van der Waals surface area contributed by atoms with Crippen molar-refractivity contribution in [3.8, 4) is 5.75 Å². The Bertz CT molecular complexity index is 799. The Hall–Kier alpha value is -2.54. The Morgan fingerprint density at radius 1 is 1.11 bits per heavy atom. The molecule has 1 aliphatic heterocycles. The zero-order valence-corrected chi connectivity index (χ0v) is 16.0. The summed E-state index contributed by atoms with van der Waals surface area (Å²) < 4.78 is 29.5. The molecule has 1 heterocycles. The van der Waals surface area contributed by atoms with Gasteiger partial charge in [-0.3, -0.25) is 0 Å². The standard InChI is InChI=1S/C20H22ClF2N3O2/c21-17-6-1-2-7-18(17)25-8-10-26(11-9-25)20(27)24-13-15-4-3-5-16(12-15)28-14-19(22)23/h1-7,12,19H,8-11,13-14H2,(H,24,27). The Kier molecular flexibility index (Phi) is 6.92. The van der Waals surface area contributed by atoms with Crippen LogP contribution in [0.2, 0.25) is 5.02 Å². The lowest BCUT2D eigenvalue weighted by atomic mass is 10.2. The van der Waals surface area contributed by atoms with Crippen LogP contribution in [-0.4, -0.2) is 50.1 Å². The van der Waals surface area contributed by atoms with Crippen LogP contribution in [-0.2, 0) is 6.54 Å². The third-order valence-electron chi connectivity index (χ3n) is 4.48. The van der Waals surface area contributed by atoms with Gasteiger partial charge in [0.1, 0.15) is 12.4 Å². The summed E-state index contributed by atoms with van der Waals surface area (Å²) in [6.07, 6.45) is -2.52. The molecule has 1 N–H and O–H groups in total. The number of ether oxygens (including phenoxy) is 1. The summed E-state index contributed by atoms with van der Waals surface area (Å²) in [4.78, 5) is 16.3. The molecule has 0 aromatic heterocycles. The first-order chi connectivity index (χ1) is 13.5. The maximum absolute atomic E-state index is 12.4. The number of carbonyl (C=O) groups excluding carboxylic acids is 1. The van der Waals surface area contributed by atoms with E-state index in [2.05, 4.69) is 10.2 Å². The lowest BCUT2D eigenvalue weighted by Gasteiger charge is -2.36. The van der Waals surface area contributed by atoms with Gasteiger partial charge in [0, 0.05) is 32.7 Å². The van der Waals surface area contributed by atoms with Crippen LogP contribution in [0.1, 0.15) is 5.56 Å². The second kappa shape index (κ2) is 9.59. The average molecular weight is 410 g/mol. The molecule has 3 rings (SSSR count). The molecule has 0 unspecified atom stereocenters. The fourth-order valence-electron chi connectivity index (χ4n) is 3.05. The number of hydrogen-bond donors (Lipinski definition) is 1. The molecule has 1 aliphatic rings. The summed E-state index contributed by atoms with van der Waals surface area (Å²) in [5.74, 6) is 0.361. The Labute approximate surface area is 167 Å². The third kappa shape index (κ3) is 5.48. The number of nitrogens with zero attached hydrogens (tertiary/aromatic N) is 2. The minimum atomic E-state index is -2.52. The molecule has 0 saturated carbocycles. The normalized spacial score (nSPS) is 14.3. The van der Waals surface area contributed by atoms with E-state index in [-0.39, 0.29) is 6.03 Å². The van der Waals surface area contributed by atoms with Gasteiger partial charge in [-0.15, -0.1) is 0 Å². The summed E-state index contributed by atoms with van der Waals surface area (Å²) in [7, 11) is 0. The van der Waals surface area contributed by atoms with Crippen molar-refractivity contribution in [3.05, 3.63) is 59.1 Å². The van der Waals surface area contributed by atoms with E-state index in [4.69, 9.17) is 16.3 Å². The second-order valence-electron chi connectivity index (χ2n) is 6.43. The van der Waals surface area contributed by atoms with Gasteiger partial charge in [-0.05, 0) is 29.8 Å². The van der Waals surface area contributed by atoms with Crippen molar-refractivity contribution in [2.75, 3.05) is 37.7 Å². The zero-order chi connectivity index (χ0) is 19.9. The van der Waals surface area contributed by atoms with Gasteiger partial charge in [-0.25, -0.2) is 13.6 Å². The van der Waals surface area contributed by atoms with Crippen molar-refractivity contribution < 1.29 is 18.3 Å². The minimum Gasteiger partial charge on any atom is -0.488 e. The maximum atomic E-state index is 12.4. The van der Waals surface area contributed by atoms with Crippen LogP contribution in [0, 0.1) is 0 Å². The van der Waals surface area contributed by atoms with Crippen LogP contribution in [0.25, 0.3) is 0 Å². The SMILES string of the molecule is O=C(NCc1cccc(OCC(F)F)c1)N1CCN(c2ccccc2Cl)CC1. The van der Waals surface area contributed by atoms with Crippen molar-refractivity contribution in [2.24, 2.45) is 0 Å². The number of benzene rings is 2. The molecule has 0 aliphatic carbocycles. The van der Waals surface area contributed by atoms with E-state index in [1.807, 2.05) is 30.3 Å². The lowest BCUT2D eigenvalue weighted by molar-refractivity contribution is 0.0818.